The number of halogens is 2. The summed E-state index contributed by atoms with van der Waals surface area (Å²) < 4.78 is 1.00. The second-order valence-corrected chi connectivity index (χ2v) is 6.38. The Kier molecular flexibility index (Phi) is 4.34. The lowest BCUT2D eigenvalue weighted by Gasteiger charge is -2.24. The molecule has 0 aliphatic heterocycles. The van der Waals surface area contributed by atoms with Gasteiger partial charge < -0.3 is 5.11 Å². The van der Waals surface area contributed by atoms with Gasteiger partial charge in [0.1, 0.15) is 0 Å². The minimum Gasteiger partial charge on any atom is -0.385 e. The second kappa shape index (κ2) is 5.66. The topological polar surface area (TPSA) is 20.2 Å². The molecule has 0 aliphatic rings. The third-order valence-corrected chi connectivity index (χ3v) is 4.09. The van der Waals surface area contributed by atoms with Gasteiger partial charge in [-0.3, -0.25) is 0 Å². The maximum Gasteiger partial charge on any atom is 0.0909 e. The van der Waals surface area contributed by atoms with Gasteiger partial charge in [-0.05, 0) is 48.7 Å². The largest absolute Gasteiger partial charge is 0.385 e. The molecule has 0 fully saturated rings. The lowest BCUT2D eigenvalue weighted by atomic mass is 9.89. The molecule has 0 bridgehead atoms. The van der Waals surface area contributed by atoms with E-state index in [1.54, 1.807) is 0 Å². The minimum absolute atomic E-state index is 0.494. The van der Waals surface area contributed by atoms with Crippen molar-refractivity contribution < 1.29 is 5.11 Å². The molecule has 19 heavy (non-hydrogen) atoms. The summed E-state index contributed by atoms with van der Waals surface area (Å²) in [5.74, 6) is 0. The highest BCUT2D eigenvalue weighted by atomic mass is 79.9. The van der Waals surface area contributed by atoms with Crippen LogP contribution < -0.4 is 0 Å². The van der Waals surface area contributed by atoms with Crippen LogP contribution in [-0.4, -0.2) is 5.11 Å². The third kappa shape index (κ3) is 3.59. The molecule has 100 valence electrons. The molecule has 0 saturated carbocycles. The number of aliphatic hydroxyl groups is 1. The fourth-order valence-corrected chi connectivity index (χ4v) is 2.64. The van der Waals surface area contributed by atoms with Crippen LogP contribution in [0.15, 0.2) is 46.9 Å². The first-order chi connectivity index (χ1) is 8.88. The van der Waals surface area contributed by atoms with Crippen LogP contribution in [0.25, 0.3) is 0 Å². The Balaban J connectivity index is 2.27. The molecule has 1 unspecified atom stereocenters. The summed E-state index contributed by atoms with van der Waals surface area (Å²) in [5.41, 5.74) is 2.03. The van der Waals surface area contributed by atoms with E-state index in [9.17, 15) is 5.11 Å². The van der Waals surface area contributed by atoms with Crippen molar-refractivity contribution in [3.63, 3.8) is 0 Å². The molecule has 2 rings (SSSR count). The SMILES string of the molecule is Cc1ccc(CC(C)(O)c2ccc(Br)cc2)c(Cl)c1. The fourth-order valence-electron chi connectivity index (χ4n) is 2.08. The molecule has 0 heterocycles. The zero-order valence-electron chi connectivity index (χ0n) is 11.0. The van der Waals surface area contributed by atoms with Crippen molar-refractivity contribution in [2.24, 2.45) is 0 Å². The summed E-state index contributed by atoms with van der Waals surface area (Å²) in [6.45, 7) is 3.81. The zero-order valence-corrected chi connectivity index (χ0v) is 13.3. The number of aryl methyl sites for hydroxylation is 1. The Morgan fingerprint density at radius 2 is 1.79 bits per heavy atom. The van der Waals surface area contributed by atoms with Gasteiger partial charge in [0.05, 0.1) is 5.60 Å². The first-order valence-electron chi connectivity index (χ1n) is 6.12. The van der Waals surface area contributed by atoms with E-state index in [2.05, 4.69) is 15.9 Å². The van der Waals surface area contributed by atoms with Gasteiger partial charge in [0, 0.05) is 15.9 Å². The maximum absolute atomic E-state index is 10.6. The molecule has 1 N–H and O–H groups in total. The molecule has 0 aromatic heterocycles. The number of rotatable bonds is 3. The van der Waals surface area contributed by atoms with Crippen molar-refractivity contribution >= 4 is 27.5 Å². The smallest absolute Gasteiger partial charge is 0.0909 e. The maximum atomic E-state index is 10.6. The fraction of sp³-hybridized carbons (Fsp3) is 0.250. The molecule has 1 atom stereocenters. The van der Waals surface area contributed by atoms with Crippen LogP contribution in [0.1, 0.15) is 23.6 Å². The van der Waals surface area contributed by atoms with Crippen LogP contribution in [0.2, 0.25) is 5.02 Å². The quantitative estimate of drug-likeness (QED) is 0.846. The van der Waals surface area contributed by atoms with Crippen LogP contribution in [-0.2, 0) is 12.0 Å². The Labute approximate surface area is 127 Å². The summed E-state index contributed by atoms with van der Waals surface area (Å²) in [5, 5.41) is 11.4. The van der Waals surface area contributed by atoms with Crippen molar-refractivity contribution in [3.05, 3.63) is 68.7 Å². The minimum atomic E-state index is -0.931. The first-order valence-corrected chi connectivity index (χ1v) is 7.29. The van der Waals surface area contributed by atoms with Crippen molar-refractivity contribution in [1.82, 2.24) is 0 Å². The molecule has 1 nitrogen and oxygen atoms in total. The average molecular weight is 340 g/mol. The van der Waals surface area contributed by atoms with E-state index in [0.717, 1.165) is 21.2 Å². The number of benzene rings is 2. The van der Waals surface area contributed by atoms with E-state index in [-0.39, 0.29) is 0 Å². The van der Waals surface area contributed by atoms with Gasteiger partial charge in [0.15, 0.2) is 0 Å². The molecule has 0 aliphatic carbocycles. The van der Waals surface area contributed by atoms with Crippen molar-refractivity contribution in [3.8, 4) is 0 Å². The lowest BCUT2D eigenvalue weighted by Crippen LogP contribution is -2.24. The van der Waals surface area contributed by atoms with Gasteiger partial charge in [0.2, 0.25) is 0 Å². The summed E-state index contributed by atoms with van der Waals surface area (Å²) in [6, 6.07) is 13.6. The Morgan fingerprint density at radius 1 is 1.16 bits per heavy atom. The van der Waals surface area contributed by atoms with E-state index in [0.29, 0.717) is 11.4 Å². The molecule has 0 radical (unpaired) electrons. The summed E-state index contributed by atoms with van der Waals surface area (Å²) in [7, 11) is 0. The predicted molar refractivity (Wildman–Crippen MR) is 83.6 cm³/mol. The van der Waals surface area contributed by atoms with E-state index in [4.69, 9.17) is 11.6 Å². The van der Waals surface area contributed by atoms with Crippen molar-refractivity contribution in [1.29, 1.82) is 0 Å². The number of hydrogen-bond donors (Lipinski definition) is 1. The van der Waals surface area contributed by atoms with Crippen LogP contribution >= 0.6 is 27.5 Å². The molecule has 0 spiro atoms. The van der Waals surface area contributed by atoms with Gasteiger partial charge in [-0.1, -0.05) is 51.8 Å². The van der Waals surface area contributed by atoms with Crippen LogP contribution in [0, 0.1) is 6.92 Å². The standard InChI is InChI=1S/C16H16BrClO/c1-11-3-4-12(15(18)9-11)10-16(2,19)13-5-7-14(17)8-6-13/h3-9,19H,10H2,1-2H3. The van der Waals surface area contributed by atoms with Gasteiger partial charge in [-0.2, -0.15) is 0 Å². The first kappa shape index (κ1) is 14.6. The summed E-state index contributed by atoms with van der Waals surface area (Å²) in [4.78, 5) is 0. The molecular formula is C16H16BrClO. The van der Waals surface area contributed by atoms with Gasteiger partial charge in [-0.15, -0.1) is 0 Å². The highest BCUT2D eigenvalue weighted by molar-refractivity contribution is 9.10. The molecule has 3 heteroatoms. The normalized spacial score (nSPS) is 14.2. The predicted octanol–water partition coefficient (Wildman–Crippen LogP) is 4.86. The molecule has 0 saturated heterocycles. The zero-order chi connectivity index (χ0) is 14.0. The highest BCUT2D eigenvalue weighted by Gasteiger charge is 2.24. The monoisotopic (exact) mass is 338 g/mol. The van der Waals surface area contributed by atoms with Gasteiger partial charge in [-0.25, -0.2) is 0 Å². The number of hydrogen-bond acceptors (Lipinski definition) is 1. The molecular weight excluding hydrogens is 324 g/mol. The summed E-state index contributed by atoms with van der Waals surface area (Å²) in [6.07, 6.45) is 0.494. The molecule has 0 amide bonds. The lowest BCUT2D eigenvalue weighted by molar-refractivity contribution is 0.0576. The van der Waals surface area contributed by atoms with Crippen molar-refractivity contribution in [2.45, 2.75) is 25.9 Å². The third-order valence-electron chi connectivity index (χ3n) is 3.21. The van der Waals surface area contributed by atoms with E-state index in [1.807, 2.05) is 56.3 Å². The molecule has 2 aromatic rings. The van der Waals surface area contributed by atoms with Gasteiger partial charge >= 0.3 is 0 Å². The van der Waals surface area contributed by atoms with E-state index < -0.39 is 5.60 Å². The average Bonchev–Trinajstić information content (AvgIpc) is 2.33. The van der Waals surface area contributed by atoms with Crippen LogP contribution in [0.5, 0.6) is 0 Å². The summed E-state index contributed by atoms with van der Waals surface area (Å²) >= 11 is 9.63. The van der Waals surface area contributed by atoms with E-state index in [1.165, 1.54) is 0 Å². The van der Waals surface area contributed by atoms with Gasteiger partial charge in [0.25, 0.3) is 0 Å². The Bertz CT molecular complexity index is 576. The highest BCUT2D eigenvalue weighted by Crippen LogP contribution is 2.29. The van der Waals surface area contributed by atoms with E-state index >= 15 is 0 Å². The second-order valence-electron chi connectivity index (χ2n) is 5.05. The Morgan fingerprint density at radius 3 is 2.37 bits per heavy atom. The van der Waals surface area contributed by atoms with Crippen molar-refractivity contribution in [2.75, 3.05) is 0 Å². The van der Waals surface area contributed by atoms with Crippen LogP contribution in [0.4, 0.5) is 0 Å². The Hall–Kier alpha value is -0.830. The molecule has 2 aromatic carbocycles. The van der Waals surface area contributed by atoms with Crippen LogP contribution in [0.3, 0.4) is 0 Å².